The standard InChI is InChI=1S/C15H25N3O2/c1-5-18(11-15(19)17(2)3)13(10-16)12-8-6-7-9-14(12)20-4/h6-9,13H,5,10-11,16H2,1-4H3. The Morgan fingerprint density at radius 2 is 2.00 bits per heavy atom. The van der Waals surface area contributed by atoms with Crippen molar-refractivity contribution in [2.45, 2.75) is 13.0 Å². The number of amides is 1. The molecule has 5 heteroatoms. The molecule has 0 radical (unpaired) electrons. The fraction of sp³-hybridized carbons (Fsp3) is 0.533. The molecule has 0 saturated heterocycles. The predicted molar refractivity (Wildman–Crippen MR) is 80.7 cm³/mol. The SMILES string of the molecule is CCN(CC(=O)N(C)C)C(CN)c1ccccc1OC. The average Bonchev–Trinajstić information content (AvgIpc) is 2.46. The molecule has 0 aliphatic rings. The van der Waals surface area contributed by atoms with Gasteiger partial charge in [-0.1, -0.05) is 25.1 Å². The van der Waals surface area contributed by atoms with Gasteiger partial charge in [0.2, 0.25) is 5.91 Å². The van der Waals surface area contributed by atoms with Crippen LogP contribution in [0.4, 0.5) is 0 Å². The fourth-order valence-corrected chi connectivity index (χ4v) is 2.17. The lowest BCUT2D eigenvalue weighted by atomic mass is 10.0. The summed E-state index contributed by atoms with van der Waals surface area (Å²) < 4.78 is 5.40. The van der Waals surface area contributed by atoms with E-state index in [0.29, 0.717) is 13.1 Å². The van der Waals surface area contributed by atoms with Gasteiger partial charge < -0.3 is 15.4 Å². The van der Waals surface area contributed by atoms with Crippen molar-refractivity contribution in [2.24, 2.45) is 5.73 Å². The minimum Gasteiger partial charge on any atom is -0.496 e. The molecule has 0 heterocycles. The Labute approximate surface area is 121 Å². The minimum atomic E-state index is -0.0277. The highest BCUT2D eigenvalue weighted by molar-refractivity contribution is 5.77. The maximum Gasteiger partial charge on any atom is 0.236 e. The van der Waals surface area contributed by atoms with Crippen LogP contribution in [0.15, 0.2) is 24.3 Å². The van der Waals surface area contributed by atoms with Gasteiger partial charge in [0.1, 0.15) is 5.75 Å². The van der Waals surface area contributed by atoms with Crippen LogP contribution in [-0.2, 0) is 4.79 Å². The lowest BCUT2D eigenvalue weighted by molar-refractivity contribution is -0.130. The molecule has 1 aromatic rings. The third-order valence-electron chi connectivity index (χ3n) is 3.41. The number of para-hydroxylation sites is 1. The Morgan fingerprint density at radius 1 is 1.35 bits per heavy atom. The largest absolute Gasteiger partial charge is 0.496 e. The van der Waals surface area contributed by atoms with Gasteiger partial charge in [0.15, 0.2) is 0 Å². The summed E-state index contributed by atoms with van der Waals surface area (Å²) in [5.74, 6) is 0.874. The summed E-state index contributed by atoms with van der Waals surface area (Å²) in [4.78, 5) is 15.6. The molecule has 1 unspecified atom stereocenters. The number of hydrogen-bond donors (Lipinski definition) is 1. The van der Waals surface area contributed by atoms with Crippen molar-refractivity contribution in [1.82, 2.24) is 9.80 Å². The summed E-state index contributed by atoms with van der Waals surface area (Å²) in [6.45, 7) is 3.57. The summed E-state index contributed by atoms with van der Waals surface area (Å²) in [7, 11) is 5.17. The van der Waals surface area contributed by atoms with E-state index in [-0.39, 0.29) is 11.9 Å². The van der Waals surface area contributed by atoms with Crippen LogP contribution in [0.2, 0.25) is 0 Å². The van der Waals surface area contributed by atoms with Gasteiger partial charge in [-0.2, -0.15) is 0 Å². The van der Waals surface area contributed by atoms with Crippen LogP contribution >= 0.6 is 0 Å². The molecular formula is C15H25N3O2. The van der Waals surface area contributed by atoms with E-state index in [1.165, 1.54) is 0 Å². The molecule has 1 rings (SSSR count). The maximum atomic E-state index is 11.9. The minimum absolute atomic E-state index is 0.0277. The first-order valence-electron chi connectivity index (χ1n) is 6.82. The number of likely N-dealkylation sites (N-methyl/N-ethyl adjacent to an activating group) is 2. The molecule has 1 aromatic carbocycles. The van der Waals surface area contributed by atoms with Crippen molar-refractivity contribution in [3.8, 4) is 5.75 Å². The molecule has 0 fully saturated rings. The topological polar surface area (TPSA) is 58.8 Å². The summed E-state index contributed by atoms with van der Waals surface area (Å²) >= 11 is 0. The van der Waals surface area contributed by atoms with Crippen molar-refractivity contribution < 1.29 is 9.53 Å². The van der Waals surface area contributed by atoms with Gasteiger partial charge in [-0.25, -0.2) is 0 Å². The molecule has 1 atom stereocenters. The molecule has 0 saturated carbocycles. The lowest BCUT2D eigenvalue weighted by Crippen LogP contribution is -2.41. The molecule has 5 nitrogen and oxygen atoms in total. The Balaban J connectivity index is 2.99. The molecule has 0 aliphatic heterocycles. The van der Waals surface area contributed by atoms with Crippen molar-refractivity contribution in [2.75, 3.05) is 40.8 Å². The van der Waals surface area contributed by atoms with Gasteiger partial charge in [0, 0.05) is 26.2 Å². The van der Waals surface area contributed by atoms with Gasteiger partial charge >= 0.3 is 0 Å². The van der Waals surface area contributed by atoms with E-state index >= 15 is 0 Å². The van der Waals surface area contributed by atoms with Gasteiger partial charge in [0.25, 0.3) is 0 Å². The van der Waals surface area contributed by atoms with Crippen LogP contribution < -0.4 is 10.5 Å². The fourth-order valence-electron chi connectivity index (χ4n) is 2.17. The monoisotopic (exact) mass is 279 g/mol. The summed E-state index contributed by atoms with van der Waals surface area (Å²) in [6.07, 6.45) is 0. The van der Waals surface area contributed by atoms with Crippen LogP contribution in [0.25, 0.3) is 0 Å². The number of hydrogen-bond acceptors (Lipinski definition) is 4. The third kappa shape index (κ3) is 3.95. The predicted octanol–water partition coefficient (Wildman–Crippen LogP) is 1.11. The highest BCUT2D eigenvalue weighted by atomic mass is 16.5. The summed E-state index contributed by atoms with van der Waals surface area (Å²) in [6, 6.07) is 7.78. The lowest BCUT2D eigenvalue weighted by Gasteiger charge is -2.31. The summed E-state index contributed by atoms with van der Waals surface area (Å²) in [5, 5.41) is 0. The van der Waals surface area contributed by atoms with Crippen molar-refractivity contribution in [3.05, 3.63) is 29.8 Å². The van der Waals surface area contributed by atoms with E-state index in [0.717, 1.165) is 17.9 Å². The number of ether oxygens (including phenoxy) is 1. The first kappa shape index (κ1) is 16.5. The number of carbonyl (C=O) groups excluding carboxylic acids is 1. The van der Waals surface area contributed by atoms with Gasteiger partial charge in [-0.05, 0) is 12.6 Å². The number of nitrogens with zero attached hydrogens (tertiary/aromatic N) is 2. The first-order chi connectivity index (χ1) is 9.54. The second-order valence-corrected chi connectivity index (χ2v) is 4.84. The van der Waals surface area contributed by atoms with Gasteiger partial charge in [-0.15, -0.1) is 0 Å². The van der Waals surface area contributed by atoms with Crippen molar-refractivity contribution >= 4 is 5.91 Å². The number of benzene rings is 1. The van der Waals surface area contributed by atoms with E-state index in [9.17, 15) is 4.79 Å². The van der Waals surface area contributed by atoms with E-state index in [4.69, 9.17) is 10.5 Å². The van der Waals surface area contributed by atoms with Crippen molar-refractivity contribution in [3.63, 3.8) is 0 Å². The van der Waals surface area contributed by atoms with E-state index in [2.05, 4.69) is 4.90 Å². The average molecular weight is 279 g/mol. The van der Waals surface area contributed by atoms with Crippen LogP contribution in [0, 0.1) is 0 Å². The van der Waals surface area contributed by atoms with Crippen LogP contribution in [-0.4, -0.2) is 56.5 Å². The normalized spacial score (nSPS) is 12.3. The van der Waals surface area contributed by atoms with Crippen molar-refractivity contribution in [1.29, 1.82) is 0 Å². The molecule has 2 N–H and O–H groups in total. The zero-order valence-electron chi connectivity index (χ0n) is 12.8. The number of rotatable bonds is 7. The molecule has 1 amide bonds. The molecule has 0 aromatic heterocycles. The molecular weight excluding hydrogens is 254 g/mol. The second-order valence-electron chi connectivity index (χ2n) is 4.84. The van der Waals surface area contributed by atoms with E-state index < -0.39 is 0 Å². The quantitative estimate of drug-likeness (QED) is 0.812. The maximum absolute atomic E-state index is 11.9. The highest BCUT2D eigenvalue weighted by Gasteiger charge is 2.23. The second kappa shape index (κ2) is 7.87. The highest BCUT2D eigenvalue weighted by Crippen LogP contribution is 2.28. The Hall–Kier alpha value is -1.59. The number of carbonyl (C=O) groups is 1. The smallest absolute Gasteiger partial charge is 0.236 e. The summed E-state index contributed by atoms with van der Waals surface area (Å²) in [5.41, 5.74) is 6.95. The zero-order chi connectivity index (χ0) is 15.1. The van der Waals surface area contributed by atoms with Gasteiger partial charge in [0.05, 0.1) is 19.7 Å². The molecule has 0 spiro atoms. The Morgan fingerprint density at radius 3 is 2.50 bits per heavy atom. The molecule has 0 aliphatic carbocycles. The molecule has 112 valence electrons. The van der Waals surface area contributed by atoms with Crippen LogP contribution in [0.1, 0.15) is 18.5 Å². The number of methoxy groups -OCH3 is 1. The van der Waals surface area contributed by atoms with Gasteiger partial charge in [-0.3, -0.25) is 9.69 Å². The molecule has 0 bridgehead atoms. The van der Waals surface area contributed by atoms with Crippen LogP contribution in [0.3, 0.4) is 0 Å². The zero-order valence-corrected chi connectivity index (χ0v) is 12.8. The Kier molecular flexibility index (Phi) is 6.48. The first-order valence-corrected chi connectivity index (χ1v) is 6.82. The Bertz CT molecular complexity index is 435. The number of nitrogens with two attached hydrogens (primary N) is 1. The van der Waals surface area contributed by atoms with E-state index in [1.807, 2.05) is 31.2 Å². The van der Waals surface area contributed by atoms with E-state index in [1.54, 1.807) is 26.1 Å². The molecule has 20 heavy (non-hydrogen) atoms. The van der Waals surface area contributed by atoms with Crippen LogP contribution in [0.5, 0.6) is 5.75 Å². The third-order valence-corrected chi connectivity index (χ3v) is 3.41.